The van der Waals surface area contributed by atoms with Crippen LogP contribution >= 0.6 is 0 Å². The van der Waals surface area contributed by atoms with E-state index in [1.165, 1.54) is 18.0 Å². The fourth-order valence-electron chi connectivity index (χ4n) is 3.00. The third-order valence-electron chi connectivity index (χ3n) is 4.62. The van der Waals surface area contributed by atoms with Crippen LogP contribution in [0.15, 0.2) is 42.6 Å². The molecule has 1 atom stereocenters. The second-order valence-electron chi connectivity index (χ2n) is 6.67. The van der Waals surface area contributed by atoms with E-state index in [0.29, 0.717) is 17.7 Å². The molecular formula is C19H21N3O4S. The van der Waals surface area contributed by atoms with Crippen LogP contribution in [0.25, 0.3) is 0 Å². The number of rotatable bonds is 5. The summed E-state index contributed by atoms with van der Waals surface area (Å²) in [4.78, 5) is 29.7. The Bertz CT molecular complexity index is 971. The molecular weight excluding hydrogens is 366 g/mol. The van der Waals surface area contributed by atoms with Crippen molar-refractivity contribution < 1.29 is 18.0 Å². The first-order valence-electron chi connectivity index (χ1n) is 8.57. The maximum absolute atomic E-state index is 12.5. The van der Waals surface area contributed by atoms with Gasteiger partial charge in [0.15, 0.2) is 15.6 Å². The predicted molar refractivity (Wildman–Crippen MR) is 103 cm³/mol. The molecule has 0 radical (unpaired) electrons. The van der Waals surface area contributed by atoms with Gasteiger partial charge in [0, 0.05) is 24.3 Å². The Hall–Kier alpha value is -2.74. The summed E-state index contributed by atoms with van der Waals surface area (Å²) in [6.45, 7) is 1.51. The highest BCUT2D eigenvalue weighted by molar-refractivity contribution is 7.91. The minimum atomic E-state index is -3.06. The van der Waals surface area contributed by atoms with E-state index in [1.807, 2.05) is 6.07 Å². The number of hydrogen-bond donors (Lipinski definition) is 1. The number of amides is 1. The van der Waals surface area contributed by atoms with Crippen molar-refractivity contribution in [3.05, 3.63) is 53.9 Å². The first kappa shape index (κ1) is 19.0. The van der Waals surface area contributed by atoms with Crippen molar-refractivity contribution in [2.75, 3.05) is 23.9 Å². The summed E-state index contributed by atoms with van der Waals surface area (Å²) < 4.78 is 23.2. The number of anilines is 2. The summed E-state index contributed by atoms with van der Waals surface area (Å²) in [5, 5.41) is 3.14. The lowest BCUT2D eigenvalue weighted by atomic mass is 10.1. The molecule has 0 aliphatic carbocycles. The lowest BCUT2D eigenvalue weighted by molar-refractivity contribution is 0.0741. The molecule has 27 heavy (non-hydrogen) atoms. The van der Waals surface area contributed by atoms with E-state index in [2.05, 4.69) is 10.3 Å². The van der Waals surface area contributed by atoms with E-state index in [-0.39, 0.29) is 34.9 Å². The zero-order valence-corrected chi connectivity index (χ0v) is 16.0. The van der Waals surface area contributed by atoms with Crippen molar-refractivity contribution >= 4 is 32.9 Å². The van der Waals surface area contributed by atoms with Crippen LogP contribution in [0.3, 0.4) is 0 Å². The molecule has 1 fully saturated rings. The largest absolute Gasteiger partial charge is 0.354 e. The molecule has 1 amide bonds. The van der Waals surface area contributed by atoms with Gasteiger partial charge in [0.1, 0.15) is 5.69 Å². The summed E-state index contributed by atoms with van der Waals surface area (Å²) in [6.07, 6.45) is 1.99. The molecule has 2 heterocycles. The van der Waals surface area contributed by atoms with Gasteiger partial charge in [-0.15, -0.1) is 0 Å². The van der Waals surface area contributed by atoms with E-state index in [9.17, 15) is 18.0 Å². The van der Waals surface area contributed by atoms with Crippen molar-refractivity contribution in [1.82, 2.24) is 9.88 Å². The molecule has 1 aromatic heterocycles. The Kier molecular flexibility index (Phi) is 5.27. The Morgan fingerprint density at radius 3 is 2.56 bits per heavy atom. The van der Waals surface area contributed by atoms with Gasteiger partial charge < -0.3 is 10.2 Å². The SMILES string of the molecule is CC(=O)c1cccc(Nc2ccc(C(=O)N(C)C3CCS(=O)(=O)C3)nc2)c1. The summed E-state index contributed by atoms with van der Waals surface area (Å²) in [6, 6.07) is 10.1. The monoisotopic (exact) mass is 387 g/mol. The molecule has 1 unspecified atom stereocenters. The van der Waals surface area contributed by atoms with Gasteiger partial charge in [-0.1, -0.05) is 12.1 Å². The average molecular weight is 387 g/mol. The Morgan fingerprint density at radius 2 is 1.96 bits per heavy atom. The fourth-order valence-corrected chi connectivity index (χ4v) is 4.78. The first-order valence-corrected chi connectivity index (χ1v) is 10.4. The van der Waals surface area contributed by atoms with Gasteiger partial charge >= 0.3 is 0 Å². The quantitative estimate of drug-likeness (QED) is 0.791. The highest BCUT2D eigenvalue weighted by Gasteiger charge is 2.33. The lowest BCUT2D eigenvalue weighted by Gasteiger charge is -2.23. The molecule has 2 aromatic rings. The number of Topliss-reactive ketones (excluding diaryl/α,β-unsaturated/α-hetero) is 1. The molecule has 7 nitrogen and oxygen atoms in total. The van der Waals surface area contributed by atoms with Crippen LogP contribution in [-0.2, 0) is 9.84 Å². The van der Waals surface area contributed by atoms with Crippen molar-refractivity contribution in [2.45, 2.75) is 19.4 Å². The third kappa shape index (κ3) is 4.51. The van der Waals surface area contributed by atoms with Gasteiger partial charge in [0.2, 0.25) is 0 Å². The second kappa shape index (κ2) is 7.48. The summed E-state index contributed by atoms with van der Waals surface area (Å²) >= 11 is 0. The molecule has 1 aliphatic heterocycles. The molecule has 1 saturated heterocycles. The number of nitrogens with one attached hydrogen (secondary N) is 1. The smallest absolute Gasteiger partial charge is 0.272 e. The maximum Gasteiger partial charge on any atom is 0.272 e. The third-order valence-corrected chi connectivity index (χ3v) is 6.37. The maximum atomic E-state index is 12.5. The van der Waals surface area contributed by atoms with E-state index >= 15 is 0 Å². The molecule has 1 N–H and O–H groups in total. The molecule has 8 heteroatoms. The lowest BCUT2D eigenvalue weighted by Crippen LogP contribution is -2.38. The number of pyridine rings is 1. The van der Waals surface area contributed by atoms with Crippen LogP contribution in [0.5, 0.6) is 0 Å². The van der Waals surface area contributed by atoms with Gasteiger partial charge in [-0.25, -0.2) is 13.4 Å². The number of nitrogens with zero attached hydrogens (tertiary/aromatic N) is 2. The molecule has 0 bridgehead atoms. The van der Waals surface area contributed by atoms with Crippen molar-refractivity contribution in [3.8, 4) is 0 Å². The van der Waals surface area contributed by atoms with E-state index in [1.54, 1.807) is 37.4 Å². The number of carbonyl (C=O) groups excluding carboxylic acids is 2. The van der Waals surface area contributed by atoms with Crippen LogP contribution in [0, 0.1) is 0 Å². The number of sulfone groups is 1. The number of benzene rings is 1. The topological polar surface area (TPSA) is 96.4 Å². The van der Waals surface area contributed by atoms with Gasteiger partial charge in [0.25, 0.3) is 5.91 Å². The van der Waals surface area contributed by atoms with Gasteiger partial charge in [0.05, 0.1) is 23.4 Å². The Morgan fingerprint density at radius 1 is 1.19 bits per heavy atom. The first-order chi connectivity index (χ1) is 12.7. The fraction of sp³-hybridized carbons (Fsp3) is 0.316. The van der Waals surface area contributed by atoms with Crippen LogP contribution in [-0.4, -0.2) is 54.6 Å². The minimum Gasteiger partial charge on any atom is -0.354 e. The number of carbonyl (C=O) groups is 2. The highest BCUT2D eigenvalue weighted by Crippen LogP contribution is 2.20. The zero-order chi connectivity index (χ0) is 19.6. The highest BCUT2D eigenvalue weighted by atomic mass is 32.2. The zero-order valence-electron chi connectivity index (χ0n) is 15.2. The van der Waals surface area contributed by atoms with Gasteiger partial charge in [-0.2, -0.15) is 0 Å². The summed E-state index contributed by atoms with van der Waals surface area (Å²) in [5.74, 6) is -0.205. The number of aromatic nitrogens is 1. The molecule has 3 rings (SSSR count). The normalized spacial score (nSPS) is 18.1. The number of ketones is 1. The number of hydrogen-bond acceptors (Lipinski definition) is 6. The molecule has 0 spiro atoms. The Balaban J connectivity index is 1.69. The average Bonchev–Trinajstić information content (AvgIpc) is 3.01. The van der Waals surface area contributed by atoms with Crippen molar-refractivity contribution in [2.24, 2.45) is 0 Å². The van der Waals surface area contributed by atoms with Crippen LogP contribution < -0.4 is 5.32 Å². The standard InChI is InChI=1S/C19H21N3O4S/c1-13(23)14-4-3-5-15(10-14)21-16-6-7-18(20-11-16)19(24)22(2)17-8-9-27(25,26)12-17/h3-7,10-11,17,21H,8-9,12H2,1-2H3. The molecule has 142 valence electrons. The van der Waals surface area contributed by atoms with Crippen LogP contribution in [0.4, 0.5) is 11.4 Å². The summed E-state index contributed by atoms with van der Waals surface area (Å²) in [7, 11) is -1.45. The predicted octanol–water partition coefficient (Wildman–Crippen LogP) is 2.29. The van der Waals surface area contributed by atoms with Crippen LogP contribution in [0.1, 0.15) is 34.2 Å². The summed E-state index contributed by atoms with van der Waals surface area (Å²) in [5.41, 5.74) is 2.29. The minimum absolute atomic E-state index is 0.00136. The van der Waals surface area contributed by atoms with Crippen molar-refractivity contribution in [1.29, 1.82) is 0 Å². The molecule has 1 aromatic carbocycles. The molecule has 0 saturated carbocycles. The second-order valence-corrected chi connectivity index (χ2v) is 8.90. The van der Waals surface area contributed by atoms with Crippen molar-refractivity contribution in [3.63, 3.8) is 0 Å². The van der Waals surface area contributed by atoms with Gasteiger partial charge in [-0.05, 0) is 37.6 Å². The van der Waals surface area contributed by atoms with E-state index < -0.39 is 9.84 Å². The van der Waals surface area contributed by atoms with Gasteiger partial charge in [-0.3, -0.25) is 9.59 Å². The van der Waals surface area contributed by atoms with Crippen LogP contribution in [0.2, 0.25) is 0 Å². The van der Waals surface area contributed by atoms with E-state index in [4.69, 9.17) is 0 Å². The molecule has 1 aliphatic rings. The Labute approximate surface area is 158 Å². The van der Waals surface area contributed by atoms with E-state index in [0.717, 1.165) is 5.69 Å².